The third kappa shape index (κ3) is 4.88. The van der Waals surface area contributed by atoms with Crippen LogP contribution in [-0.4, -0.2) is 17.8 Å². The van der Waals surface area contributed by atoms with E-state index >= 15 is 0 Å². The second-order valence-corrected chi connectivity index (χ2v) is 8.62. The van der Waals surface area contributed by atoms with E-state index in [9.17, 15) is 14.4 Å². The van der Waals surface area contributed by atoms with E-state index in [1.54, 1.807) is 24.3 Å². The number of amides is 4. The summed E-state index contributed by atoms with van der Waals surface area (Å²) in [4.78, 5) is 39.3. The molecule has 4 rings (SSSR count). The van der Waals surface area contributed by atoms with Crippen molar-refractivity contribution in [2.75, 3.05) is 4.90 Å². The first kappa shape index (κ1) is 22.5. The van der Waals surface area contributed by atoms with E-state index in [0.717, 1.165) is 26.1 Å². The first-order valence-electron chi connectivity index (χ1n) is 10.3. The Morgan fingerprint density at radius 2 is 1.70 bits per heavy atom. The molecule has 3 aromatic carbocycles. The zero-order valence-electron chi connectivity index (χ0n) is 18.1. The van der Waals surface area contributed by atoms with Gasteiger partial charge in [0.2, 0.25) is 0 Å². The Morgan fingerprint density at radius 3 is 2.42 bits per heavy atom. The van der Waals surface area contributed by atoms with Crippen LogP contribution in [0.4, 0.5) is 10.5 Å². The Labute approximate surface area is 200 Å². The topological polar surface area (TPSA) is 75.7 Å². The first-order valence-corrected chi connectivity index (χ1v) is 11.1. The van der Waals surface area contributed by atoms with Gasteiger partial charge in [0.05, 0.1) is 5.69 Å². The minimum absolute atomic E-state index is 0.144. The number of rotatable bonds is 5. The van der Waals surface area contributed by atoms with Gasteiger partial charge in [0.1, 0.15) is 17.9 Å². The number of benzene rings is 3. The number of carbonyl (C=O) groups is 3. The van der Waals surface area contributed by atoms with Crippen molar-refractivity contribution < 1.29 is 19.1 Å². The Morgan fingerprint density at radius 1 is 0.970 bits per heavy atom. The number of anilines is 1. The maximum absolute atomic E-state index is 13.2. The van der Waals surface area contributed by atoms with Gasteiger partial charge in [0.25, 0.3) is 11.8 Å². The maximum Gasteiger partial charge on any atom is 0.335 e. The summed E-state index contributed by atoms with van der Waals surface area (Å²) in [7, 11) is 0. The van der Waals surface area contributed by atoms with Crippen LogP contribution >= 0.6 is 15.9 Å². The Hall–Kier alpha value is -3.71. The van der Waals surface area contributed by atoms with Crippen LogP contribution in [0.5, 0.6) is 5.75 Å². The van der Waals surface area contributed by atoms with Crippen LogP contribution in [0, 0.1) is 13.8 Å². The summed E-state index contributed by atoms with van der Waals surface area (Å²) >= 11 is 3.41. The van der Waals surface area contributed by atoms with Gasteiger partial charge in [-0.15, -0.1) is 0 Å². The van der Waals surface area contributed by atoms with Crippen LogP contribution in [0.3, 0.4) is 0 Å². The number of barbiturate groups is 1. The fourth-order valence-corrected chi connectivity index (χ4v) is 3.83. The molecule has 0 aromatic heterocycles. The van der Waals surface area contributed by atoms with Crippen molar-refractivity contribution in [1.29, 1.82) is 0 Å². The highest BCUT2D eigenvalue weighted by Crippen LogP contribution is 2.28. The minimum atomic E-state index is -0.770. The molecule has 1 N–H and O–H groups in total. The molecule has 1 heterocycles. The molecular formula is C26H21BrN2O4. The summed E-state index contributed by atoms with van der Waals surface area (Å²) in [6, 6.07) is 19.5. The Kier molecular flexibility index (Phi) is 6.42. The van der Waals surface area contributed by atoms with Crippen molar-refractivity contribution in [3.63, 3.8) is 0 Å². The predicted molar refractivity (Wildman–Crippen MR) is 130 cm³/mol. The van der Waals surface area contributed by atoms with E-state index in [1.165, 1.54) is 6.08 Å². The summed E-state index contributed by atoms with van der Waals surface area (Å²) in [5.74, 6) is -0.907. The van der Waals surface area contributed by atoms with Gasteiger partial charge >= 0.3 is 6.03 Å². The molecule has 1 saturated heterocycles. The number of hydrogen-bond donors (Lipinski definition) is 1. The minimum Gasteiger partial charge on any atom is -0.488 e. The Bertz CT molecular complexity index is 1280. The number of para-hydroxylation sites is 1. The largest absolute Gasteiger partial charge is 0.488 e. The van der Waals surface area contributed by atoms with Gasteiger partial charge in [0, 0.05) is 10.0 Å². The van der Waals surface area contributed by atoms with Crippen molar-refractivity contribution in [2.24, 2.45) is 0 Å². The first-order chi connectivity index (χ1) is 15.8. The van der Waals surface area contributed by atoms with E-state index in [2.05, 4.69) is 21.2 Å². The Balaban J connectivity index is 1.65. The number of nitrogens with one attached hydrogen (secondary N) is 1. The highest BCUT2D eigenvalue weighted by Gasteiger charge is 2.37. The highest BCUT2D eigenvalue weighted by molar-refractivity contribution is 9.10. The van der Waals surface area contributed by atoms with Crippen LogP contribution in [0.25, 0.3) is 6.08 Å². The molecule has 6 nitrogen and oxygen atoms in total. The van der Waals surface area contributed by atoms with Crippen LogP contribution in [0.2, 0.25) is 0 Å². The molecule has 7 heteroatoms. The predicted octanol–water partition coefficient (Wildman–Crippen LogP) is 5.31. The molecular weight excluding hydrogens is 484 g/mol. The molecule has 1 fully saturated rings. The SMILES string of the molecule is Cc1ccc(N2C(=O)NC(=O)/C(=C\c3ccccc3OCc3ccc(Br)cc3)C2=O)c(C)c1. The fraction of sp³-hybridized carbons (Fsp3) is 0.115. The number of urea groups is 1. The number of nitrogens with zero attached hydrogens (tertiary/aromatic N) is 1. The lowest BCUT2D eigenvalue weighted by Gasteiger charge is -2.27. The zero-order chi connectivity index (χ0) is 23.5. The lowest BCUT2D eigenvalue weighted by molar-refractivity contribution is -0.122. The highest BCUT2D eigenvalue weighted by atomic mass is 79.9. The van der Waals surface area contributed by atoms with Crippen molar-refractivity contribution in [1.82, 2.24) is 5.32 Å². The summed E-state index contributed by atoms with van der Waals surface area (Å²) < 4.78 is 6.93. The van der Waals surface area contributed by atoms with E-state index in [4.69, 9.17) is 4.74 Å². The summed E-state index contributed by atoms with van der Waals surface area (Å²) in [6.45, 7) is 4.06. The molecule has 0 bridgehead atoms. The molecule has 0 unspecified atom stereocenters. The number of hydrogen-bond acceptors (Lipinski definition) is 4. The molecule has 0 aliphatic carbocycles. The number of aryl methyl sites for hydroxylation is 2. The summed E-state index contributed by atoms with van der Waals surface area (Å²) in [6.07, 6.45) is 1.46. The van der Waals surface area contributed by atoms with Crippen LogP contribution < -0.4 is 15.0 Å². The van der Waals surface area contributed by atoms with Gasteiger partial charge in [-0.25, -0.2) is 9.69 Å². The summed E-state index contributed by atoms with van der Waals surface area (Å²) in [5, 5.41) is 2.27. The smallest absolute Gasteiger partial charge is 0.335 e. The average Bonchev–Trinajstić information content (AvgIpc) is 2.78. The van der Waals surface area contributed by atoms with Crippen LogP contribution in [0.15, 0.2) is 76.8 Å². The monoisotopic (exact) mass is 504 g/mol. The number of ether oxygens (including phenoxy) is 1. The van der Waals surface area contributed by atoms with Gasteiger partial charge in [-0.2, -0.15) is 0 Å². The van der Waals surface area contributed by atoms with Gasteiger partial charge in [0.15, 0.2) is 0 Å². The molecule has 166 valence electrons. The summed E-state index contributed by atoms with van der Waals surface area (Å²) in [5.41, 5.74) is 3.58. The molecule has 1 aliphatic rings. The molecule has 0 saturated carbocycles. The molecule has 33 heavy (non-hydrogen) atoms. The quantitative estimate of drug-likeness (QED) is 0.377. The lowest BCUT2D eigenvalue weighted by atomic mass is 10.0. The molecule has 4 amide bonds. The van der Waals surface area contributed by atoms with Gasteiger partial charge in [-0.05, 0) is 55.3 Å². The van der Waals surface area contributed by atoms with Gasteiger partial charge < -0.3 is 4.74 Å². The average molecular weight is 505 g/mol. The van der Waals surface area contributed by atoms with Gasteiger partial charge in [-0.1, -0.05) is 64.0 Å². The maximum atomic E-state index is 13.2. The zero-order valence-corrected chi connectivity index (χ0v) is 19.7. The molecule has 0 spiro atoms. The van der Waals surface area contributed by atoms with E-state index in [1.807, 2.05) is 56.3 Å². The molecule has 1 aliphatic heterocycles. The number of halogens is 1. The van der Waals surface area contributed by atoms with Crippen LogP contribution in [0.1, 0.15) is 22.3 Å². The van der Waals surface area contributed by atoms with Crippen molar-refractivity contribution in [2.45, 2.75) is 20.5 Å². The molecule has 3 aromatic rings. The molecule has 0 radical (unpaired) electrons. The normalized spacial score (nSPS) is 15.1. The second kappa shape index (κ2) is 9.42. The van der Waals surface area contributed by atoms with Crippen molar-refractivity contribution in [3.8, 4) is 5.75 Å². The van der Waals surface area contributed by atoms with E-state index < -0.39 is 17.8 Å². The van der Waals surface area contributed by atoms with Crippen molar-refractivity contribution in [3.05, 3.63) is 99.0 Å². The third-order valence-electron chi connectivity index (χ3n) is 5.22. The van der Waals surface area contributed by atoms with E-state index in [0.29, 0.717) is 23.6 Å². The number of imide groups is 2. The van der Waals surface area contributed by atoms with Gasteiger partial charge in [-0.3, -0.25) is 14.9 Å². The van der Waals surface area contributed by atoms with Crippen LogP contribution in [-0.2, 0) is 16.2 Å². The number of carbonyl (C=O) groups excluding carboxylic acids is 3. The lowest BCUT2D eigenvalue weighted by Crippen LogP contribution is -2.54. The second-order valence-electron chi connectivity index (χ2n) is 7.70. The molecule has 0 atom stereocenters. The standard InChI is InChI=1S/C26H21BrN2O4/c1-16-7-12-22(17(2)13-16)29-25(31)21(24(30)28-26(29)32)14-19-5-3-4-6-23(19)33-15-18-8-10-20(27)11-9-18/h3-14H,15H2,1-2H3,(H,28,30,32)/b21-14+. The third-order valence-corrected chi connectivity index (χ3v) is 5.75. The van der Waals surface area contributed by atoms with E-state index in [-0.39, 0.29) is 5.57 Å². The van der Waals surface area contributed by atoms with Crippen molar-refractivity contribution >= 4 is 45.5 Å². The fourth-order valence-electron chi connectivity index (χ4n) is 3.56.